The molecular weight excluding hydrogens is 459 g/mol. The number of nitrogens with one attached hydrogen (secondary N) is 2. The molecule has 1 aromatic carbocycles. The lowest BCUT2D eigenvalue weighted by Crippen LogP contribution is -2.45. The lowest BCUT2D eigenvalue weighted by atomic mass is 10.2. The first-order valence-electron chi connectivity index (χ1n) is 9.09. The summed E-state index contributed by atoms with van der Waals surface area (Å²) in [5, 5.41) is 6.71. The van der Waals surface area contributed by atoms with E-state index in [1.54, 1.807) is 7.11 Å². The van der Waals surface area contributed by atoms with E-state index in [9.17, 15) is 4.79 Å². The number of hydrogen-bond donors (Lipinski definition) is 2. The first-order chi connectivity index (χ1) is 12.6. The molecule has 27 heavy (non-hydrogen) atoms. The zero-order valence-corrected chi connectivity index (χ0v) is 18.9. The van der Waals surface area contributed by atoms with Gasteiger partial charge >= 0.3 is 5.97 Å². The fraction of sp³-hybridized carbons (Fsp3) is 0.579. The molecule has 1 saturated heterocycles. The molecular formula is C19H31IN4O3. The van der Waals surface area contributed by atoms with Gasteiger partial charge in [0.1, 0.15) is 5.75 Å². The maximum absolute atomic E-state index is 11.5. The second-order valence-corrected chi connectivity index (χ2v) is 6.39. The molecule has 0 radical (unpaired) electrons. The molecule has 1 heterocycles. The van der Waals surface area contributed by atoms with Gasteiger partial charge < -0.3 is 25.0 Å². The van der Waals surface area contributed by atoms with Gasteiger partial charge in [0, 0.05) is 25.7 Å². The second kappa shape index (κ2) is 11.9. The fourth-order valence-corrected chi connectivity index (χ4v) is 3.01. The van der Waals surface area contributed by atoms with Crippen molar-refractivity contribution in [1.29, 1.82) is 0 Å². The molecule has 152 valence electrons. The molecule has 0 aromatic heterocycles. The number of hydrogen-bond acceptors (Lipinski definition) is 5. The molecule has 1 aliphatic rings. The first kappa shape index (κ1) is 23.3. The fourth-order valence-electron chi connectivity index (χ4n) is 3.01. The Kier molecular flexibility index (Phi) is 10.3. The molecule has 0 bridgehead atoms. The number of aliphatic imine (C=N–C) groups is 1. The quantitative estimate of drug-likeness (QED) is 0.265. The maximum Gasteiger partial charge on any atom is 0.310 e. The second-order valence-electron chi connectivity index (χ2n) is 6.39. The van der Waals surface area contributed by atoms with E-state index in [1.807, 2.05) is 32.0 Å². The minimum Gasteiger partial charge on any atom is -0.495 e. The van der Waals surface area contributed by atoms with Gasteiger partial charge in [-0.25, -0.2) is 0 Å². The summed E-state index contributed by atoms with van der Waals surface area (Å²) in [5.74, 6) is 1.12. The summed E-state index contributed by atoms with van der Waals surface area (Å²) in [5.41, 5.74) is 1.11. The van der Waals surface area contributed by atoms with Gasteiger partial charge in [0.15, 0.2) is 5.96 Å². The molecule has 8 heteroatoms. The molecule has 2 rings (SSSR count). The molecule has 1 aromatic rings. The Bertz CT molecular complexity index is 627. The van der Waals surface area contributed by atoms with Crippen LogP contribution in [-0.2, 0) is 9.53 Å². The van der Waals surface area contributed by atoms with Crippen LogP contribution in [0, 0.1) is 5.92 Å². The Balaban J connectivity index is 0.00000364. The zero-order valence-electron chi connectivity index (χ0n) is 16.5. The van der Waals surface area contributed by atoms with Gasteiger partial charge in [-0.1, -0.05) is 19.1 Å². The number of carbonyl (C=O) groups is 1. The number of esters is 1. The van der Waals surface area contributed by atoms with E-state index >= 15 is 0 Å². The number of anilines is 1. The van der Waals surface area contributed by atoms with E-state index in [0.717, 1.165) is 43.5 Å². The summed E-state index contributed by atoms with van der Waals surface area (Å²) in [6, 6.07) is 8.35. The normalized spacial score (nSPS) is 17.7. The van der Waals surface area contributed by atoms with E-state index in [0.29, 0.717) is 6.54 Å². The maximum atomic E-state index is 11.5. The monoisotopic (exact) mass is 490 g/mol. The number of nitrogens with zero attached hydrogens (tertiary/aromatic N) is 2. The van der Waals surface area contributed by atoms with E-state index in [4.69, 9.17) is 9.47 Å². The van der Waals surface area contributed by atoms with Crippen LogP contribution < -0.4 is 20.3 Å². The molecule has 2 N–H and O–H groups in total. The highest BCUT2D eigenvalue weighted by Gasteiger charge is 2.25. The van der Waals surface area contributed by atoms with Crippen LogP contribution in [0.2, 0.25) is 0 Å². The Morgan fingerprint density at radius 2 is 2.11 bits per heavy atom. The van der Waals surface area contributed by atoms with Crippen LogP contribution in [0.1, 0.15) is 20.3 Å². The van der Waals surface area contributed by atoms with Crippen molar-refractivity contribution in [3.05, 3.63) is 24.3 Å². The Labute approximate surface area is 178 Å². The van der Waals surface area contributed by atoms with Crippen LogP contribution in [0.15, 0.2) is 29.3 Å². The Hall–Kier alpha value is -1.71. The average Bonchev–Trinajstić information content (AvgIpc) is 3.13. The molecule has 2 atom stereocenters. The lowest BCUT2D eigenvalue weighted by molar-refractivity contribution is -0.144. The molecule has 1 aliphatic heterocycles. The van der Waals surface area contributed by atoms with Gasteiger partial charge in [-0.15, -0.1) is 24.0 Å². The van der Waals surface area contributed by atoms with Crippen LogP contribution in [0.5, 0.6) is 5.75 Å². The lowest BCUT2D eigenvalue weighted by Gasteiger charge is -2.22. The summed E-state index contributed by atoms with van der Waals surface area (Å²) < 4.78 is 10.2. The van der Waals surface area contributed by atoms with E-state index < -0.39 is 0 Å². The minimum absolute atomic E-state index is 0. The summed E-state index contributed by atoms with van der Waals surface area (Å²) in [7, 11) is 3.10. The minimum atomic E-state index is -0.260. The Morgan fingerprint density at radius 3 is 2.78 bits per heavy atom. The number of ether oxygens (including phenoxy) is 2. The predicted molar refractivity (Wildman–Crippen MR) is 119 cm³/mol. The van der Waals surface area contributed by atoms with Crippen LogP contribution in [0.3, 0.4) is 0 Å². The smallest absolute Gasteiger partial charge is 0.310 e. The number of para-hydroxylation sites is 2. The topological polar surface area (TPSA) is 75.2 Å². The number of guanidine groups is 1. The van der Waals surface area contributed by atoms with Gasteiger partial charge in [0.25, 0.3) is 0 Å². The largest absolute Gasteiger partial charge is 0.495 e. The molecule has 0 aliphatic carbocycles. The van der Waals surface area contributed by atoms with Crippen molar-refractivity contribution in [2.75, 3.05) is 45.3 Å². The number of halogens is 1. The number of methoxy groups -OCH3 is 2. The zero-order chi connectivity index (χ0) is 18.9. The van der Waals surface area contributed by atoms with Crippen molar-refractivity contribution in [2.24, 2.45) is 10.9 Å². The van der Waals surface area contributed by atoms with Crippen molar-refractivity contribution in [2.45, 2.75) is 26.3 Å². The first-order valence-corrected chi connectivity index (χ1v) is 9.09. The van der Waals surface area contributed by atoms with Gasteiger partial charge in [0.05, 0.1) is 32.4 Å². The third-order valence-electron chi connectivity index (χ3n) is 4.43. The van der Waals surface area contributed by atoms with Crippen molar-refractivity contribution >= 4 is 41.6 Å². The van der Waals surface area contributed by atoms with Gasteiger partial charge in [-0.2, -0.15) is 0 Å². The summed E-state index contributed by atoms with van der Waals surface area (Å²) in [4.78, 5) is 18.4. The number of rotatable bonds is 7. The summed E-state index contributed by atoms with van der Waals surface area (Å²) in [6.07, 6.45) is 1.01. The van der Waals surface area contributed by atoms with E-state index in [2.05, 4.69) is 26.6 Å². The molecule has 7 nitrogen and oxygen atoms in total. The van der Waals surface area contributed by atoms with Crippen molar-refractivity contribution in [3.8, 4) is 5.75 Å². The van der Waals surface area contributed by atoms with Crippen LogP contribution in [-0.4, -0.2) is 58.4 Å². The number of benzene rings is 1. The molecule has 2 unspecified atom stereocenters. The molecule has 0 saturated carbocycles. The van der Waals surface area contributed by atoms with E-state index in [-0.39, 0.29) is 41.9 Å². The highest BCUT2D eigenvalue weighted by Crippen LogP contribution is 2.30. The van der Waals surface area contributed by atoms with Gasteiger partial charge in [-0.3, -0.25) is 9.79 Å². The highest BCUT2D eigenvalue weighted by molar-refractivity contribution is 14.0. The molecule has 1 fully saturated rings. The van der Waals surface area contributed by atoms with Crippen molar-refractivity contribution in [3.63, 3.8) is 0 Å². The SMILES string of the molecule is CCNC(=NCC(C)C(=O)OC)NC1CCN(c2ccccc2OC)C1.I. The van der Waals surface area contributed by atoms with E-state index in [1.165, 1.54) is 7.11 Å². The third kappa shape index (κ3) is 6.75. The molecule has 0 amide bonds. The van der Waals surface area contributed by atoms with Crippen LogP contribution >= 0.6 is 24.0 Å². The van der Waals surface area contributed by atoms with Gasteiger partial charge in [-0.05, 0) is 25.5 Å². The van der Waals surface area contributed by atoms with Gasteiger partial charge in [0.2, 0.25) is 0 Å². The summed E-state index contributed by atoms with van der Waals surface area (Å²) in [6.45, 7) is 6.83. The number of carbonyl (C=O) groups excluding carboxylic acids is 1. The third-order valence-corrected chi connectivity index (χ3v) is 4.43. The molecule has 0 spiro atoms. The average molecular weight is 490 g/mol. The van der Waals surface area contributed by atoms with Crippen LogP contribution in [0.4, 0.5) is 5.69 Å². The van der Waals surface area contributed by atoms with Crippen molar-refractivity contribution in [1.82, 2.24) is 10.6 Å². The standard InChI is InChI=1S/C19H30N4O3.HI/c1-5-20-19(21-12-14(2)18(24)26-4)22-15-10-11-23(13-15)16-8-6-7-9-17(16)25-3;/h6-9,14-15H,5,10-13H2,1-4H3,(H2,20,21,22);1H. The Morgan fingerprint density at radius 1 is 1.37 bits per heavy atom. The summed E-state index contributed by atoms with van der Waals surface area (Å²) >= 11 is 0. The highest BCUT2D eigenvalue weighted by atomic mass is 127. The predicted octanol–water partition coefficient (Wildman–Crippen LogP) is 2.26. The van der Waals surface area contributed by atoms with Crippen molar-refractivity contribution < 1.29 is 14.3 Å². The van der Waals surface area contributed by atoms with Crippen LogP contribution in [0.25, 0.3) is 0 Å².